The van der Waals surface area contributed by atoms with Crippen LogP contribution < -0.4 is 4.67 Å². The van der Waals surface area contributed by atoms with Crippen molar-refractivity contribution in [3.8, 4) is 10.4 Å². The molecule has 0 spiro atoms. The highest BCUT2D eigenvalue weighted by atomic mass is 32.1. The third kappa shape index (κ3) is 5.08. The van der Waals surface area contributed by atoms with Gasteiger partial charge in [0.05, 0.1) is 18.0 Å². The minimum Gasteiger partial charge on any atom is -0.477 e. The number of thiophene rings is 1. The number of aromatic carboxylic acids is 1. The Morgan fingerprint density at radius 1 is 1.23 bits per heavy atom. The van der Waals surface area contributed by atoms with Crippen molar-refractivity contribution in [3.63, 3.8) is 0 Å². The summed E-state index contributed by atoms with van der Waals surface area (Å²) in [5, 5.41) is 9.99. The van der Waals surface area contributed by atoms with E-state index in [1.807, 2.05) is 58.0 Å². The number of carbonyl (C=O) groups is 1. The van der Waals surface area contributed by atoms with Crippen LogP contribution in [0.15, 0.2) is 30.3 Å². The maximum absolute atomic E-state index is 14.5. The molecule has 1 unspecified atom stereocenters. The fourth-order valence-corrected chi connectivity index (χ4v) is 8.58. The number of carboxylic acids is 1. The average Bonchev–Trinajstić information content (AvgIpc) is 3.14. The van der Waals surface area contributed by atoms with E-state index >= 15 is 0 Å². The number of rotatable bonds is 8. The van der Waals surface area contributed by atoms with Gasteiger partial charge in [0, 0.05) is 10.9 Å². The molecule has 31 heavy (non-hydrogen) atoms. The number of carboxylic acid groups (broad SMARTS) is 1. The van der Waals surface area contributed by atoms with Crippen molar-refractivity contribution in [1.82, 2.24) is 0 Å². The molecule has 1 aromatic heterocycles. The SMILES string of the molecule is CCOP(=O)(C1CCC(C)CC1)N(c1cc(-c2ccc(C)cc2)sc1C(=O)O)C(C)C. The highest BCUT2D eigenvalue weighted by Crippen LogP contribution is 2.63. The van der Waals surface area contributed by atoms with Crippen LogP contribution in [0.3, 0.4) is 0 Å². The minimum absolute atomic E-state index is 0.0737. The van der Waals surface area contributed by atoms with Crippen LogP contribution in [-0.2, 0) is 9.09 Å². The molecular weight excluding hydrogens is 429 g/mol. The predicted molar refractivity (Wildman–Crippen MR) is 130 cm³/mol. The van der Waals surface area contributed by atoms with E-state index in [9.17, 15) is 14.5 Å². The summed E-state index contributed by atoms with van der Waals surface area (Å²) >= 11 is 1.24. The Morgan fingerprint density at radius 3 is 2.35 bits per heavy atom. The summed E-state index contributed by atoms with van der Waals surface area (Å²) in [5.74, 6) is -0.368. The fraction of sp³-hybridized carbons (Fsp3) is 0.542. The topological polar surface area (TPSA) is 66.8 Å². The summed E-state index contributed by atoms with van der Waals surface area (Å²) in [4.78, 5) is 13.3. The molecule has 0 aliphatic heterocycles. The van der Waals surface area contributed by atoms with Gasteiger partial charge >= 0.3 is 5.97 Å². The summed E-state index contributed by atoms with van der Waals surface area (Å²) in [6.45, 7) is 10.4. The van der Waals surface area contributed by atoms with Gasteiger partial charge in [0.25, 0.3) is 7.52 Å². The van der Waals surface area contributed by atoms with Gasteiger partial charge in [0.2, 0.25) is 0 Å². The van der Waals surface area contributed by atoms with Crippen LogP contribution in [0.25, 0.3) is 10.4 Å². The predicted octanol–water partition coefficient (Wildman–Crippen LogP) is 7.44. The van der Waals surface area contributed by atoms with Crippen LogP contribution in [0, 0.1) is 12.8 Å². The second kappa shape index (κ2) is 9.89. The summed E-state index contributed by atoms with van der Waals surface area (Å²) in [7, 11) is -3.29. The van der Waals surface area contributed by atoms with E-state index in [-0.39, 0.29) is 16.6 Å². The first-order valence-corrected chi connectivity index (χ1v) is 13.6. The van der Waals surface area contributed by atoms with Gasteiger partial charge in [-0.15, -0.1) is 11.3 Å². The molecule has 1 heterocycles. The molecule has 5 nitrogen and oxygen atoms in total. The largest absolute Gasteiger partial charge is 0.477 e. The van der Waals surface area contributed by atoms with E-state index < -0.39 is 13.5 Å². The van der Waals surface area contributed by atoms with Gasteiger partial charge in [-0.25, -0.2) is 4.79 Å². The Kier molecular flexibility index (Phi) is 7.67. The summed E-state index contributed by atoms with van der Waals surface area (Å²) in [6.07, 6.45) is 3.74. The zero-order valence-corrected chi connectivity index (χ0v) is 20.8. The molecule has 1 atom stereocenters. The average molecular weight is 464 g/mol. The van der Waals surface area contributed by atoms with Gasteiger partial charge in [-0.1, -0.05) is 36.8 Å². The minimum atomic E-state index is -3.29. The van der Waals surface area contributed by atoms with Crippen molar-refractivity contribution in [2.45, 2.75) is 72.0 Å². The summed E-state index contributed by atoms with van der Waals surface area (Å²) in [5.41, 5.74) is 2.55. The zero-order valence-electron chi connectivity index (χ0n) is 19.1. The van der Waals surface area contributed by atoms with Crippen LogP contribution >= 0.6 is 18.9 Å². The van der Waals surface area contributed by atoms with Gasteiger partial charge in [0.15, 0.2) is 0 Å². The van der Waals surface area contributed by atoms with Crippen LogP contribution in [0.2, 0.25) is 0 Å². The van der Waals surface area contributed by atoms with Crippen LogP contribution in [-0.4, -0.2) is 29.4 Å². The smallest absolute Gasteiger partial charge is 0.348 e. The normalized spacial score (nSPS) is 21.1. The van der Waals surface area contributed by atoms with Gasteiger partial charge < -0.3 is 9.63 Å². The first-order chi connectivity index (χ1) is 14.7. The molecule has 1 aliphatic rings. The van der Waals surface area contributed by atoms with Gasteiger partial charge in [-0.3, -0.25) is 9.24 Å². The second-order valence-electron chi connectivity index (χ2n) is 8.83. The molecule has 1 fully saturated rings. The molecule has 0 saturated heterocycles. The van der Waals surface area contributed by atoms with E-state index in [2.05, 4.69) is 6.92 Å². The van der Waals surface area contributed by atoms with E-state index in [0.717, 1.165) is 41.7 Å². The Hall–Kier alpha value is -1.62. The van der Waals surface area contributed by atoms with E-state index in [1.165, 1.54) is 11.3 Å². The highest BCUT2D eigenvalue weighted by molar-refractivity contribution is 7.61. The van der Waals surface area contributed by atoms with E-state index in [0.29, 0.717) is 18.2 Å². The van der Waals surface area contributed by atoms with E-state index in [1.54, 1.807) is 4.67 Å². The Morgan fingerprint density at radius 2 is 1.84 bits per heavy atom. The monoisotopic (exact) mass is 463 g/mol. The molecular formula is C24H34NO4PS. The van der Waals surface area contributed by atoms with Crippen LogP contribution in [0.5, 0.6) is 0 Å². The molecule has 7 heteroatoms. The molecule has 2 aromatic rings. The lowest BCUT2D eigenvalue weighted by Gasteiger charge is -2.41. The molecule has 170 valence electrons. The number of anilines is 1. The van der Waals surface area contributed by atoms with Crippen molar-refractivity contribution < 1.29 is 19.0 Å². The first-order valence-electron chi connectivity index (χ1n) is 11.2. The molecule has 1 saturated carbocycles. The van der Waals surface area contributed by atoms with Crippen LogP contribution in [0.1, 0.15) is 68.6 Å². The Labute approximate surface area is 189 Å². The maximum atomic E-state index is 14.5. The zero-order chi connectivity index (χ0) is 22.8. The number of hydrogen-bond acceptors (Lipinski definition) is 4. The second-order valence-corrected chi connectivity index (χ2v) is 12.4. The third-order valence-corrected chi connectivity index (χ3v) is 10.5. The molecule has 0 radical (unpaired) electrons. The Balaban J connectivity index is 2.11. The summed E-state index contributed by atoms with van der Waals surface area (Å²) in [6, 6.07) is 9.76. The lowest BCUT2D eigenvalue weighted by Crippen LogP contribution is -2.35. The van der Waals surface area contributed by atoms with Gasteiger partial charge in [-0.2, -0.15) is 0 Å². The fourth-order valence-electron chi connectivity index (χ4n) is 4.41. The molecule has 1 aliphatic carbocycles. The molecule has 3 rings (SSSR count). The van der Waals surface area contributed by atoms with Crippen molar-refractivity contribution in [2.24, 2.45) is 5.92 Å². The number of nitrogens with zero attached hydrogens (tertiary/aromatic N) is 1. The number of hydrogen-bond donors (Lipinski definition) is 1. The molecule has 1 N–H and O–H groups in total. The quantitative estimate of drug-likeness (QED) is 0.412. The van der Waals surface area contributed by atoms with E-state index in [4.69, 9.17) is 4.52 Å². The van der Waals surface area contributed by atoms with Gasteiger partial charge in [0.1, 0.15) is 4.88 Å². The number of benzene rings is 1. The first kappa shape index (κ1) is 24.0. The maximum Gasteiger partial charge on any atom is 0.348 e. The van der Waals surface area contributed by atoms with Crippen molar-refractivity contribution in [3.05, 3.63) is 40.8 Å². The summed E-state index contributed by atoms with van der Waals surface area (Å²) < 4.78 is 22.3. The highest BCUT2D eigenvalue weighted by Gasteiger charge is 2.44. The lowest BCUT2D eigenvalue weighted by atomic mass is 9.91. The van der Waals surface area contributed by atoms with Crippen molar-refractivity contribution >= 4 is 30.5 Å². The Bertz CT molecular complexity index is 945. The molecule has 1 aromatic carbocycles. The lowest BCUT2D eigenvalue weighted by molar-refractivity contribution is 0.0703. The third-order valence-electron chi connectivity index (χ3n) is 6.04. The molecule has 0 amide bonds. The van der Waals surface area contributed by atoms with Gasteiger partial charge in [-0.05, 0) is 70.9 Å². The van der Waals surface area contributed by atoms with Crippen molar-refractivity contribution in [1.29, 1.82) is 0 Å². The number of aryl methyl sites for hydroxylation is 1. The van der Waals surface area contributed by atoms with Crippen LogP contribution in [0.4, 0.5) is 5.69 Å². The van der Waals surface area contributed by atoms with Crippen molar-refractivity contribution in [2.75, 3.05) is 11.3 Å². The standard InChI is InChI=1S/C24H34NO4PS/c1-6-29-30(28,20-13-9-18(5)10-14-20)25(16(2)3)21-15-22(31-23(21)24(26)27)19-11-7-17(4)8-12-19/h7-8,11-12,15-16,18,20H,6,9-10,13-14H2,1-5H3,(H,26,27). The molecule has 0 bridgehead atoms.